The highest BCUT2D eigenvalue weighted by Crippen LogP contribution is 2.40. The van der Waals surface area contributed by atoms with Gasteiger partial charge in [-0.3, -0.25) is 9.97 Å². The fourth-order valence-electron chi connectivity index (χ4n) is 9.34. The summed E-state index contributed by atoms with van der Waals surface area (Å²) in [6.45, 7) is 2.20. The van der Waals surface area contributed by atoms with E-state index in [-0.39, 0.29) is 0 Å². The van der Waals surface area contributed by atoms with Gasteiger partial charge < -0.3 is 0 Å². The summed E-state index contributed by atoms with van der Waals surface area (Å²) >= 11 is 0. The van der Waals surface area contributed by atoms with Crippen molar-refractivity contribution in [3.05, 3.63) is 230 Å². The van der Waals surface area contributed by atoms with Gasteiger partial charge in [-0.15, -0.1) is 0 Å². The van der Waals surface area contributed by atoms with Crippen LogP contribution < -0.4 is 20.7 Å². The molecule has 0 spiro atoms. The molecule has 0 amide bonds. The van der Waals surface area contributed by atoms with Gasteiger partial charge in [-0.05, 0) is 80.3 Å². The number of hydrogen-bond acceptors (Lipinski definition) is 4. The summed E-state index contributed by atoms with van der Waals surface area (Å²) in [5.41, 5.74) is 11.6. The highest BCUT2D eigenvalue weighted by molar-refractivity contribution is 7.20. The van der Waals surface area contributed by atoms with E-state index in [0.717, 1.165) is 77.6 Å². The minimum Gasteiger partial charge on any atom is -0.256 e. The van der Waals surface area contributed by atoms with Crippen LogP contribution in [0, 0.1) is 6.92 Å². The predicted octanol–water partition coefficient (Wildman–Crippen LogP) is 11.1. The smallest absolute Gasteiger partial charge is 0.179 e. The molecular formula is C57H40N4Si. The van der Waals surface area contributed by atoms with Crippen molar-refractivity contribution in [1.29, 1.82) is 0 Å². The fraction of sp³-hybridized carbons (Fsp3) is 0.0175. The van der Waals surface area contributed by atoms with Gasteiger partial charge in [0.15, 0.2) is 8.07 Å². The van der Waals surface area contributed by atoms with Crippen LogP contribution in [-0.2, 0) is 0 Å². The lowest BCUT2D eigenvalue weighted by molar-refractivity contribution is 1.27. The fourth-order valence-corrected chi connectivity index (χ4v) is 14.2. The van der Waals surface area contributed by atoms with Gasteiger partial charge in [0.25, 0.3) is 0 Å². The normalized spacial score (nSPS) is 11.6. The van der Waals surface area contributed by atoms with E-state index in [0.29, 0.717) is 0 Å². The molecule has 0 N–H and O–H groups in total. The predicted molar refractivity (Wildman–Crippen MR) is 260 cm³/mol. The van der Waals surface area contributed by atoms with Crippen LogP contribution in [0.2, 0.25) is 0 Å². The Morgan fingerprint density at radius 3 is 1.58 bits per heavy atom. The molecule has 4 heterocycles. The van der Waals surface area contributed by atoms with Crippen LogP contribution in [-0.4, -0.2) is 28.0 Å². The van der Waals surface area contributed by atoms with Gasteiger partial charge in [-0.25, -0.2) is 9.97 Å². The lowest BCUT2D eigenvalue weighted by Gasteiger charge is -2.35. The van der Waals surface area contributed by atoms with Gasteiger partial charge >= 0.3 is 0 Å². The molecule has 62 heavy (non-hydrogen) atoms. The van der Waals surface area contributed by atoms with Gasteiger partial charge in [0.1, 0.15) is 0 Å². The molecule has 4 nitrogen and oxygen atoms in total. The molecule has 0 atom stereocenters. The second-order valence-electron chi connectivity index (χ2n) is 15.9. The molecule has 7 aromatic carbocycles. The number of hydrogen-bond donors (Lipinski definition) is 0. The number of benzene rings is 7. The third-order valence-electron chi connectivity index (χ3n) is 12.2. The van der Waals surface area contributed by atoms with Crippen LogP contribution >= 0.6 is 0 Å². The molecule has 0 unspecified atom stereocenters. The van der Waals surface area contributed by atoms with Crippen molar-refractivity contribution in [2.75, 3.05) is 0 Å². The van der Waals surface area contributed by atoms with Crippen LogP contribution in [0.25, 0.3) is 77.6 Å². The van der Waals surface area contributed by atoms with Gasteiger partial charge in [-0.1, -0.05) is 188 Å². The second kappa shape index (κ2) is 15.6. The lowest BCUT2D eigenvalue weighted by Crippen LogP contribution is -2.74. The van der Waals surface area contributed by atoms with E-state index in [9.17, 15) is 0 Å². The Bertz CT molecular complexity index is 3370. The lowest BCUT2D eigenvalue weighted by atomic mass is 9.94. The molecule has 0 fully saturated rings. The zero-order valence-electron chi connectivity index (χ0n) is 34.2. The van der Waals surface area contributed by atoms with Crippen molar-refractivity contribution in [2.45, 2.75) is 6.92 Å². The summed E-state index contributed by atoms with van der Waals surface area (Å²) in [7, 11) is -2.86. The van der Waals surface area contributed by atoms with Crippen LogP contribution in [0.5, 0.6) is 0 Å². The molecule has 292 valence electrons. The number of para-hydroxylation sites is 1. The first-order chi connectivity index (χ1) is 30.6. The molecule has 5 heteroatoms. The topological polar surface area (TPSA) is 51.6 Å². The van der Waals surface area contributed by atoms with Crippen molar-refractivity contribution in [2.24, 2.45) is 0 Å². The van der Waals surface area contributed by atoms with Gasteiger partial charge in [0.05, 0.1) is 33.6 Å². The number of fused-ring (bicyclic) bond motifs is 4. The minimum atomic E-state index is -2.86. The minimum absolute atomic E-state index is 0.798. The van der Waals surface area contributed by atoms with E-state index in [1.807, 2.05) is 36.7 Å². The number of aromatic nitrogens is 4. The van der Waals surface area contributed by atoms with Crippen molar-refractivity contribution >= 4 is 61.5 Å². The van der Waals surface area contributed by atoms with E-state index in [4.69, 9.17) is 19.9 Å². The quantitative estimate of drug-likeness (QED) is 0.0872. The molecule has 0 saturated carbocycles. The zero-order chi connectivity index (χ0) is 41.5. The first-order valence-electron chi connectivity index (χ1n) is 21.0. The number of pyridine rings is 4. The van der Waals surface area contributed by atoms with E-state index in [1.54, 1.807) is 0 Å². The summed E-state index contributed by atoms with van der Waals surface area (Å²) in [4.78, 5) is 20.7. The first kappa shape index (κ1) is 37.2. The molecule has 0 radical (unpaired) electrons. The Morgan fingerprint density at radius 1 is 0.339 bits per heavy atom. The number of rotatable bonds is 8. The third kappa shape index (κ3) is 6.38. The van der Waals surface area contributed by atoms with Gasteiger partial charge in [0.2, 0.25) is 0 Å². The molecule has 0 aliphatic carbocycles. The van der Waals surface area contributed by atoms with Crippen LogP contribution in [0.15, 0.2) is 225 Å². The zero-order valence-corrected chi connectivity index (χ0v) is 35.2. The molecule has 0 aliphatic rings. The largest absolute Gasteiger partial charge is 0.256 e. The Morgan fingerprint density at radius 2 is 0.887 bits per heavy atom. The maximum atomic E-state index is 5.59. The highest BCUT2D eigenvalue weighted by Gasteiger charge is 2.41. The number of nitrogens with zero attached hydrogens (tertiary/aromatic N) is 4. The molecule has 0 aliphatic heterocycles. The van der Waals surface area contributed by atoms with E-state index >= 15 is 0 Å². The Hall–Kier alpha value is -7.86. The van der Waals surface area contributed by atoms with E-state index in [1.165, 1.54) is 26.3 Å². The summed E-state index contributed by atoms with van der Waals surface area (Å²) in [5, 5.41) is 8.44. The summed E-state index contributed by atoms with van der Waals surface area (Å²) < 4.78 is 0. The van der Waals surface area contributed by atoms with Crippen LogP contribution in [0.4, 0.5) is 0 Å². The maximum Gasteiger partial charge on any atom is 0.179 e. The average Bonchev–Trinajstić information content (AvgIpc) is 3.34. The summed E-state index contributed by atoms with van der Waals surface area (Å²) in [5.74, 6) is 0. The molecule has 4 aromatic heterocycles. The second-order valence-corrected chi connectivity index (χ2v) is 19.7. The third-order valence-corrected chi connectivity index (χ3v) is 16.9. The summed E-state index contributed by atoms with van der Waals surface area (Å²) in [6, 6.07) is 76.6. The van der Waals surface area contributed by atoms with Gasteiger partial charge in [-0.2, -0.15) is 0 Å². The summed E-state index contributed by atoms with van der Waals surface area (Å²) in [6.07, 6.45) is 3.69. The van der Waals surface area contributed by atoms with Crippen molar-refractivity contribution in [1.82, 2.24) is 19.9 Å². The Balaban J connectivity index is 1.24. The van der Waals surface area contributed by atoms with Crippen LogP contribution in [0.3, 0.4) is 0 Å². The Labute approximate surface area is 362 Å². The highest BCUT2D eigenvalue weighted by atomic mass is 28.3. The van der Waals surface area contributed by atoms with Crippen molar-refractivity contribution < 1.29 is 0 Å². The molecular weight excluding hydrogens is 769 g/mol. The van der Waals surface area contributed by atoms with Crippen LogP contribution in [0.1, 0.15) is 5.56 Å². The maximum absolute atomic E-state index is 5.59. The monoisotopic (exact) mass is 808 g/mol. The number of aryl methyl sites for hydroxylation is 1. The standard InChI is InChI=1S/C57H40N4Si/c1-39-17-13-27-45(35-39)62(43-23-7-3-8-24-43,44-25-9-4-10-26-44)46-28-14-21-42(36-46)51-37-53(49-29-15-20-41-22-16-34-59-55(41)49)60-56-48(51)32-31-47-50(40-18-5-2-6-19-40)38-54(61-57(47)56)52-30-11-12-33-58-52/h2-38H,1H3. The Kier molecular flexibility index (Phi) is 9.37. The molecule has 11 rings (SSSR count). The first-order valence-corrected chi connectivity index (χ1v) is 23.0. The van der Waals surface area contributed by atoms with E-state index in [2.05, 4.69) is 195 Å². The average molecular weight is 809 g/mol. The molecule has 0 saturated heterocycles. The van der Waals surface area contributed by atoms with Gasteiger partial charge in [0, 0.05) is 34.1 Å². The van der Waals surface area contributed by atoms with Crippen molar-refractivity contribution in [3.63, 3.8) is 0 Å². The van der Waals surface area contributed by atoms with E-state index < -0.39 is 8.07 Å². The molecule has 11 aromatic rings. The van der Waals surface area contributed by atoms with Crippen molar-refractivity contribution in [3.8, 4) is 44.9 Å². The SMILES string of the molecule is Cc1cccc([Si](c2ccccc2)(c2ccccc2)c2cccc(-c3cc(-c4cccc5cccnc45)nc4c3ccc3c(-c5ccccc5)cc(-c5ccccn5)nc34)c2)c1. The molecule has 0 bridgehead atoms.